The van der Waals surface area contributed by atoms with Crippen molar-refractivity contribution < 1.29 is 0 Å². The molecule has 56 heavy (non-hydrogen) atoms. The molecule has 1 aliphatic carbocycles. The van der Waals surface area contributed by atoms with Crippen LogP contribution in [0.1, 0.15) is 25.0 Å². The summed E-state index contributed by atoms with van der Waals surface area (Å²) in [6.45, 7) is 4.87. The van der Waals surface area contributed by atoms with Gasteiger partial charge in [0.05, 0.1) is 11.0 Å². The first kappa shape index (κ1) is 29.5. The topological polar surface area (TPSA) is 9.86 Å². The van der Waals surface area contributed by atoms with E-state index in [1.165, 1.54) is 126 Å². The first-order chi connectivity index (χ1) is 27.5. The van der Waals surface area contributed by atoms with Gasteiger partial charge in [0.15, 0.2) is 0 Å². The highest BCUT2D eigenvalue weighted by atomic mass is 15.0. The Morgan fingerprint density at radius 3 is 1.52 bits per heavy atom. The standard InChI is InChI=1S/C53H33BN2/c1-53(2)42-18-8-7-15-36(42)37-22-21-34(25-43(37)53)35-28-48-50-49(29-35)56-47-27-33-14-6-4-12-31(33)24-41(47)39-17-10-20-45(52(39)56)54(50)44-19-9-16-38-40-23-30-11-3-5-13-32(30)26-46(40)55(48)51(38)44/h3-29H,1-2H3. The predicted octanol–water partition coefficient (Wildman–Crippen LogP) is 11.3. The van der Waals surface area contributed by atoms with Crippen molar-refractivity contribution in [3.05, 3.63) is 175 Å². The molecule has 0 N–H and O–H groups in total. The van der Waals surface area contributed by atoms with Crippen LogP contribution in [0.25, 0.3) is 98.8 Å². The molecule has 2 nitrogen and oxygen atoms in total. The second-order valence-electron chi connectivity index (χ2n) is 16.9. The van der Waals surface area contributed by atoms with Crippen LogP contribution >= 0.6 is 0 Å². The van der Waals surface area contributed by atoms with E-state index in [9.17, 15) is 0 Å². The highest BCUT2D eigenvalue weighted by Gasteiger charge is 2.41. The zero-order chi connectivity index (χ0) is 36.6. The predicted molar refractivity (Wildman–Crippen MR) is 238 cm³/mol. The lowest BCUT2D eigenvalue weighted by Gasteiger charge is -2.34. The number of rotatable bonds is 1. The van der Waals surface area contributed by atoms with E-state index in [2.05, 4.69) is 187 Å². The minimum absolute atomic E-state index is 0.0823. The summed E-state index contributed by atoms with van der Waals surface area (Å²) in [5, 5.41) is 10.4. The highest BCUT2D eigenvalue weighted by Crippen LogP contribution is 2.50. The third-order valence-electron chi connectivity index (χ3n) is 13.8. The molecule has 0 atom stereocenters. The molecular formula is C53H33BN2. The molecule has 3 heteroatoms. The summed E-state index contributed by atoms with van der Waals surface area (Å²) >= 11 is 0. The Labute approximate surface area is 323 Å². The zero-order valence-electron chi connectivity index (χ0n) is 31.1. The van der Waals surface area contributed by atoms with Crippen LogP contribution in [-0.4, -0.2) is 15.8 Å². The van der Waals surface area contributed by atoms with E-state index in [0.717, 1.165) is 0 Å². The SMILES string of the molecule is CC1(C)c2ccccc2-c2ccc(-c3cc4c5c(c3)-n3c6cc7ccccc7cc6c6cccc(c63)B5c3cccc5c6cc7ccccc7cc6n-4c35)cc21. The van der Waals surface area contributed by atoms with Crippen LogP contribution in [0.15, 0.2) is 164 Å². The summed E-state index contributed by atoms with van der Waals surface area (Å²) in [4.78, 5) is 0. The van der Waals surface area contributed by atoms with Crippen molar-refractivity contribution in [2.24, 2.45) is 0 Å². The fourth-order valence-corrected chi connectivity index (χ4v) is 11.3. The molecule has 9 aromatic carbocycles. The van der Waals surface area contributed by atoms with E-state index in [1.807, 2.05) is 0 Å². The number of nitrogens with zero attached hydrogens (tertiary/aromatic N) is 2. The van der Waals surface area contributed by atoms with Crippen molar-refractivity contribution in [2.75, 3.05) is 0 Å². The van der Waals surface area contributed by atoms with Gasteiger partial charge in [0.2, 0.25) is 0 Å². The first-order valence-corrected chi connectivity index (χ1v) is 19.9. The number of para-hydroxylation sites is 2. The summed E-state index contributed by atoms with van der Waals surface area (Å²) in [6, 6.07) is 62.6. The van der Waals surface area contributed by atoms with Crippen molar-refractivity contribution >= 4 is 88.3 Å². The normalized spacial score (nSPS) is 14.4. The van der Waals surface area contributed by atoms with Gasteiger partial charge >= 0.3 is 0 Å². The lowest BCUT2D eigenvalue weighted by atomic mass is 9.34. The van der Waals surface area contributed by atoms with Gasteiger partial charge in [-0.1, -0.05) is 135 Å². The van der Waals surface area contributed by atoms with Gasteiger partial charge in [-0.3, -0.25) is 0 Å². The Bertz CT molecular complexity index is 3450. The summed E-state index contributed by atoms with van der Waals surface area (Å²) < 4.78 is 5.23. The summed E-state index contributed by atoms with van der Waals surface area (Å²) in [7, 11) is 0. The van der Waals surface area contributed by atoms with Crippen LogP contribution < -0.4 is 16.4 Å². The van der Waals surface area contributed by atoms with Crippen LogP contribution in [0.4, 0.5) is 0 Å². The maximum absolute atomic E-state index is 2.62. The quantitative estimate of drug-likeness (QED) is 0.150. The van der Waals surface area contributed by atoms with E-state index in [4.69, 9.17) is 0 Å². The Balaban J connectivity index is 1.16. The summed E-state index contributed by atoms with van der Waals surface area (Å²) in [6.07, 6.45) is 0. The van der Waals surface area contributed by atoms with Crippen LogP contribution in [-0.2, 0) is 5.41 Å². The van der Waals surface area contributed by atoms with Gasteiger partial charge in [-0.25, -0.2) is 0 Å². The molecule has 0 spiro atoms. The smallest absolute Gasteiger partial charge is 0.252 e. The lowest BCUT2D eigenvalue weighted by molar-refractivity contribution is 0.660. The van der Waals surface area contributed by atoms with Crippen molar-refractivity contribution in [3.8, 4) is 33.6 Å². The highest BCUT2D eigenvalue weighted by molar-refractivity contribution is 7.00. The van der Waals surface area contributed by atoms with Crippen LogP contribution in [0.5, 0.6) is 0 Å². The molecular weight excluding hydrogens is 675 g/mol. The minimum Gasteiger partial charge on any atom is -0.310 e. The summed E-state index contributed by atoms with van der Waals surface area (Å²) in [5.74, 6) is 0. The molecule has 11 aromatic rings. The van der Waals surface area contributed by atoms with Gasteiger partial charge in [-0.15, -0.1) is 0 Å². The summed E-state index contributed by atoms with van der Waals surface area (Å²) in [5.41, 5.74) is 19.9. The molecule has 0 fully saturated rings. The maximum Gasteiger partial charge on any atom is 0.252 e. The molecule has 2 aliphatic heterocycles. The fraction of sp³-hybridized carbons (Fsp3) is 0.0566. The molecule has 0 saturated heterocycles. The van der Waals surface area contributed by atoms with Gasteiger partial charge < -0.3 is 9.13 Å². The van der Waals surface area contributed by atoms with Crippen molar-refractivity contribution in [1.82, 2.24) is 9.13 Å². The number of benzene rings is 9. The molecule has 0 saturated carbocycles. The average molecular weight is 709 g/mol. The number of aromatic nitrogens is 2. The van der Waals surface area contributed by atoms with Gasteiger partial charge in [-0.05, 0) is 114 Å². The fourth-order valence-electron chi connectivity index (χ4n) is 11.3. The maximum atomic E-state index is 2.62. The zero-order valence-corrected chi connectivity index (χ0v) is 31.1. The second kappa shape index (κ2) is 9.87. The van der Waals surface area contributed by atoms with Crippen molar-refractivity contribution in [1.29, 1.82) is 0 Å². The molecule has 0 amide bonds. The van der Waals surface area contributed by atoms with Gasteiger partial charge in [0, 0.05) is 49.4 Å². The third-order valence-corrected chi connectivity index (χ3v) is 13.8. The van der Waals surface area contributed by atoms with Gasteiger partial charge in [-0.2, -0.15) is 0 Å². The van der Waals surface area contributed by atoms with Crippen molar-refractivity contribution in [2.45, 2.75) is 19.3 Å². The van der Waals surface area contributed by atoms with Crippen molar-refractivity contribution in [3.63, 3.8) is 0 Å². The van der Waals surface area contributed by atoms with E-state index in [0.29, 0.717) is 0 Å². The Morgan fingerprint density at radius 2 is 0.929 bits per heavy atom. The monoisotopic (exact) mass is 708 g/mol. The third kappa shape index (κ3) is 3.43. The molecule has 4 heterocycles. The molecule has 0 radical (unpaired) electrons. The molecule has 14 rings (SSSR count). The number of fused-ring (bicyclic) bond motifs is 15. The van der Waals surface area contributed by atoms with E-state index < -0.39 is 0 Å². The minimum atomic E-state index is -0.0823. The molecule has 258 valence electrons. The molecule has 3 aliphatic rings. The van der Waals surface area contributed by atoms with E-state index in [1.54, 1.807) is 0 Å². The molecule has 0 bridgehead atoms. The number of hydrogen-bond donors (Lipinski definition) is 0. The molecule has 0 unspecified atom stereocenters. The van der Waals surface area contributed by atoms with Crippen LogP contribution in [0, 0.1) is 0 Å². The van der Waals surface area contributed by atoms with E-state index >= 15 is 0 Å². The first-order valence-electron chi connectivity index (χ1n) is 19.9. The van der Waals surface area contributed by atoms with Gasteiger partial charge in [0.1, 0.15) is 0 Å². The lowest BCUT2D eigenvalue weighted by Crippen LogP contribution is -2.59. The average Bonchev–Trinajstić information content (AvgIpc) is 3.82. The Morgan fingerprint density at radius 1 is 0.411 bits per heavy atom. The Kier molecular flexibility index (Phi) is 5.20. The van der Waals surface area contributed by atoms with Gasteiger partial charge in [0.25, 0.3) is 6.71 Å². The van der Waals surface area contributed by atoms with Crippen LogP contribution in [0.2, 0.25) is 0 Å². The molecule has 2 aromatic heterocycles. The number of hydrogen-bond acceptors (Lipinski definition) is 0. The second-order valence-corrected chi connectivity index (χ2v) is 16.9. The van der Waals surface area contributed by atoms with Crippen LogP contribution in [0.3, 0.4) is 0 Å². The van der Waals surface area contributed by atoms with E-state index in [-0.39, 0.29) is 12.1 Å². The largest absolute Gasteiger partial charge is 0.310 e. The Hall–Kier alpha value is -6.84.